The minimum absolute atomic E-state index is 0.229. The van der Waals surface area contributed by atoms with Crippen molar-refractivity contribution in [1.82, 2.24) is 4.57 Å². The van der Waals surface area contributed by atoms with Gasteiger partial charge in [-0.15, -0.1) is 0 Å². The highest BCUT2D eigenvalue weighted by molar-refractivity contribution is 6.11. The molecule has 0 amide bonds. The lowest BCUT2D eigenvalue weighted by atomic mass is 9.90. The molecule has 8 aromatic rings. The van der Waals surface area contributed by atoms with E-state index in [1.165, 1.54) is 72.1 Å². The Labute approximate surface area is 292 Å². The lowest BCUT2D eigenvalue weighted by Crippen LogP contribution is -2.28. The Morgan fingerprint density at radius 2 is 0.960 bits per heavy atom. The van der Waals surface area contributed by atoms with Crippen LogP contribution in [0.3, 0.4) is 0 Å². The van der Waals surface area contributed by atoms with Crippen molar-refractivity contribution >= 4 is 33.2 Å². The lowest BCUT2D eigenvalue weighted by Gasteiger charge is -2.29. The van der Waals surface area contributed by atoms with Crippen molar-refractivity contribution in [3.8, 4) is 39.1 Å². The summed E-state index contributed by atoms with van der Waals surface area (Å²) in [5, 5.41) is 2.57. The smallest absolute Gasteiger partial charge is 0.0629 e. The zero-order valence-electron chi connectivity index (χ0n) is 27.5. The molecule has 0 fully saturated rings. The average molecular weight is 639 g/mol. The molecule has 2 aliphatic rings. The number of rotatable bonds is 5. The number of anilines is 2. The molecule has 1 aliphatic carbocycles. The summed E-state index contributed by atoms with van der Waals surface area (Å²) in [7, 11) is 0. The summed E-state index contributed by atoms with van der Waals surface area (Å²) in [5.41, 5.74) is 14.9. The van der Waals surface area contributed by atoms with Crippen molar-refractivity contribution in [2.45, 2.75) is 12.0 Å². The third-order valence-corrected chi connectivity index (χ3v) is 10.5. The number of benzene rings is 7. The molecule has 2 heterocycles. The first-order chi connectivity index (χ1) is 24.8. The molecule has 1 aromatic heterocycles. The van der Waals surface area contributed by atoms with E-state index in [-0.39, 0.29) is 6.04 Å². The Bertz CT molecular complexity index is 2570. The van der Waals surface area contributed by atoms with Crippen LogP contribution in [0.25, 0.3) is 60.9 Å². The van der Waals surface area contributed by atoms with Crippen molar-refractivity contribution in [3.05, 3.63) is 200 Å². The Morgan fingerprint density at radius 1 is 0.400 bits per heavy atom. The van der Waals surface area contributed by atoms with Gasteiger partial charge in [-0.3, -0.25) is 0 Å². The summed E-state index contributed by atoms with van der Waals surface area (Å²) >= 11 is 0. The van der Waals surface area contributed by atoms with E-state index in [1.54, 1.807) is 0 Å². The van der Waals surface area contributed by atoms with Crippen molar-refractivity contribution in [3.63, 3.8) is 0 Å². The maximum absolute atomic E-state index is 2.54. The second-order valence-electron chi connectivity index (χ2n) is 13.3. The van der Waals surface area contributed by atoms with Crippen LogP contribution in [-0.4, -0.2) is 10.6 Å². The van der Waals surface area contributed by atoms with Gasteiger partial charge in [0.1, 0.15) is 0 Å². The molecule has 2 heteroatoms. The normalized spacial score (nSPS) is 16.2. The molecule has 10 rings (SSSR count). The fraction of sp³-hybridized carbons (Fsp3) is 0.0417. The van der Waals surface area contributed by atoms with E-state index in [0.717, 1.165) is 5.69 Å². The van der Waals surface area contributed by atoms with Crippen LogP contribution in [0.5, 0.6) is 0 Å². The number of nitrogens with zero attached hydrogens (tertiary/aromatic N) is 2. The molecule has 1 aliphatic heterocycles. The number of para-hydroxylation sites is 1. The summed E-state index contributed by atoms with van der Waals surface area (Å²) in [4.78, 5) is 2.54. The van der Waals surface area contributed by atoms with Gasteiger partial charge in [0.05, 0.1) is 17.1 Å². The zero-order chi connectivity index (χ0) is 33.0. The standard InChI is InChI=1S/C48H34N2/c1-3-13-33(14-4-1)34-23-27-37(28-24-34)49-45-21-11-9-19-41(45)43-31-44-42-20-10-12-22-46(42)50(48(44)32-47(43)49)38-29-25-36(26-30-38)40-18-8-7-17-39(40)35-15-5-2-6-16-35/h1-32,41,45H. The number of hydrogen-bond acceptors (Lipinski definition) is 1. The highest BCUT2D eigenvalue weighted by Crippen LogP contribution is 2.50. The van der Waals surface area contributed by atoms with Crippen LogP contribution in [0.15, 0.2) is 194 Å². The summed E-state index contributed by atoms with van der Waals surface area (Å²) in [6.45, 7) is 0. The SMILES string of the molecule is C1=CC2c3cc4c5ccccc5n(-c5ccc(-c6ccccc6-c6ccccc6)cc5)c4cc3N(c3ccc(-c4ccccc4)cc3)C2C=C1. The van der Waals surface area contributed by atoms with Gasteiger partial charge < -0.3 is 9.47 Å². The zero-order valence-corrected chi connectivity index (χ0v) is 27.5. The maximum Gasteiger partial charge on any atom is 0.0629 e. The summed E-state index contributed by atoms with van der Waals surface area (Å²) < 4.78 is 2.45. The fourth-order valence-electron chi connectivity index (χ4n) is 8.22. The van der Waals surface area contributed by atoms with Gasteiger partial charge in [-0.1, -0.05) is 152 Å². The average Bonchev–Trinajstić information content (AvgIpc) is 3.70. The highest BCUT2D eigenvalue weighted by Gasteiger charge is 2.38. The van der Waals surface area contributed by atoms with Crippen LogP contribution in [0.1, 0.15) is 11.5 Å². The van der Waals surface area contributed by atoms with E-state index in [9.17, 15) is 0 Å². The van der Waals surface area contributed by atoms with Gasteiger partial charge >= 0.3 is 0 Å². The first kappa shape index (κ1) is 28.6. The van der Waals surface area contributed by atoms with Gasteiger partial charge in [-0.25, -0.2) is 0 Å². The molecule has 50 heavy (non-hydrogen) atoms. The topological polar surface area (TPSA) is 8.17 Å². The molecule has 2 nitrogen and oxygen atoms in total. The van der Waals surface area contributed by atoms with Crippen molar-refractivity contribution < 1.29 is 0 Å². The maximum atomic E-state index is 2.54. The Kier molecular flexibility index (Phi) is 6.67. The van der Waals surface area contributed by atoms with Crippen LogP contribution >= 0.6 is 0 Å². The van der Waals surface area contributed by atoms with Crippen molar-refractivity contribution in [2.75, 3.05) is 4.90 Å². The summed E-state index contributed by atoms with van der Waals surface area (Å²) in [5.74, 6) is 0.291. The Morgan fingerprint density at radius 3 is 1.70 bits per heavy atom. The molecular weight excluding hydrogens is 605 g/mol. The predicted molar refractivity (Wildman–Crippen MR) is 210 cm³/mol. The first-order valence-corrected chi connectivity index (χ1v) is 17.4. The van der Waals surface area contributed by atoms with Gasteiger partial charge in [0.2, 0.25) is 0 Å². The molecule has 0 saturated heterocycles. The van der Waals surface area contributed by atoms with Gasteiger partial charge in [0, 0.05) is 33.8 Å². The molecule has 0 N–H and O–H groups in total. The van der Waals surface area contributed by atoms with Crippen LogP contribution in [0.4, 0.5) is 11.4 Å². The largest absolute Gasteiger partial charge is 0.333 e. The van der Waals surface area contributed by atoms with Crippen molar-refractivity contribution in [2.24, 2.45) is 0 Å². The first-order valence-electron chi connectivity index (χ1n) is 17.4. The molecule has 0 bridgehead atoms. The number of fused-ring (bicyclic) bond motifs is 6. The third-order valence-electron chi connectivity index (χ3n) is 10.5. The highest BCUT2D eigenvalue weighted by atomic mass is 15.2. The molecule has 0 saturated carbocycles. The Balaban J connectivity index is 1.12. The minimum atomic E-state index is 0.229. The van der Waals surface area contributed by atoms with E-state index < -0.39 is 0 Å². The lowest BCUT2D eigenvalue weighted by molar-refractivity contribution is 0.745. The third kappa shape index (κ3) is 4.57. The van der Waals surface area contributed by atoms with Crippen LogP contribution in [0, 0.1) is 0 Å². The quantitative estimate of drug-likeness (QED) is 0.182. The predicted octanol–water partition coefficient (Wildman–Crippen LogP) is 12.5. The molecule has 7 aromatic carbocycles. The fourth-order valence-corrected chi connectivity index (χ4v) is 8.22. The number of aromatic nitrogens is 1. The molecule has 2 unspecified atom stereocenters. The van der Waals surface area contributed by atoms with E-state index in [4.69, 9.17) is 0 Å². The minimum Gasteiger partial charge on any atom is -0.333 e. The van der Waals surface area contributed by atoms with Gasteiger partial charge in [0.15, 0.2) is 0 Å². The molecular formula is C48H34N2. The number of allylic oxidation sites excluding steroid dienone is 2. The van der Waals surface area contributed by atoms with Gasteiger partial charge in [-0.05, 0) is 81.4 Å². The van der Waals surface area contributed by atoms with Crippen molar-refractivity contribution in [1.29, 1.82) is 0 Å². The summed E-state index contributed by atoms with van der Waals surface area (Å²) in [6.07, 6.45) is 9.14. The second kappa shape index (κ2) is 11.6. The van der Waals surface area contributed by atoms with Crippen LogP contribution < -0.4 is 4.90 Å². The van der Waals surface area contributed by atoms with Gasteiger partial charge in [-0.2, -0.15) is 0 Å². The monoisotopic (exact) mass is 638 g/mol. The van der Waals surface area contributed by atoms with E-state index in [1.807, 2.05) is 0 Å². The number of hydrogen-bond donors (Lipinski definition) is 0. The van der Waals surface area contributed by atoms with Crippen LogP contribution in [0.2, 0.25) is 0 Å². The molecule has 2 atom stereocenters. The Hall–Kier alpha value is -6.38. The van der Waals surface area contributed by atoms with Gasteiger partial charge in [0.25, 0.3) is 0 Å². The van der Waals surface area contributed by atoms with E-state index >= 15 is 0 Å². The molecule has 0 radical (unpaired) electrons. The second-order valence-corrected chi connectivity index (χ2v) is 13.3. The molecule has 236 valence electrons. The van der Waals surface area contributed by atoms with E-state index in [0.29, 0.717) is 5.92 Å². The van der Waals surface area contributed by atoms with E-state index in [2.05, 4.69) is 204 Å². The molecule has 0 spiro atoms. The summed E-state index contributed by atoms with van der Waals surface area (Å²) in [6, 6.07) is 62.2. The van der Waals surface area contributed by atoms with Crippen LogP contribution in [-0.2, 0) is 0 Å².